The molecule has 0 amide bonds. The first-order valence-electron chi connectivity index (χ1n) is 21.4. The molecule has 0 aliphatic carbocycles. The summed E-state index contributed by atoms with van der Waals surface area (Å²) >= 11 is 1.90. The van der Waals surface area contributed by atoms with Gasteiger partial charge in [0.1, 0.15) is 17.0 Å². The third kappa shape index (κ3) is 6.49. The van der Waals surface area contributed by atoms with E-state index in [4.69, 9.17) is 21.3 Å². The number of hydrogen-bond acceptors (Lipinski definition) is 4. The van der Waals surface area contributed by atoms with E-state index < -0.39 is 0 Å². The lowest BCUT2D eigenvalue weighted by Crippen LogP contribution is -2.10. The molecule has 64 heavy (non-hydrogen) atoms. The smallest absolute Gasteiger partial charge is 0.145 e. The number of aromatic nitrogens is 2. The molecule has 4 heterocycles. The lowest BCUT2D eigenvalue weighted by atomic mass is 10.1. The molecule has 9 aromatic carbocycles. The van der Waals surface area contributed by atoms with E-state index in [-0.39, 0.29) is 5.84 Å². The molecule has 5 N–H and O–H groups in total. The second kappa shape index (κ2) is 16.1. The molecule has 6 nitrogen and oxygen atoms in total. The van der Waals surface area contributed by atoms with Gasteiger partial charge in [0.05, 0.1) is 33.1 Å². The zero-order valence-corrected chi connectivity index (χ0v) is 35.9. The SMILES string of the molecule is Cc1ccc(-n2c3ccccc3c3c4sc5ccccc5c4ccc32)cc1-n1c2ccccc2c2c3oc4ccccc4c3ccc21.N=C(N)c1ccccc1.NCc1ccccc1. The molecule has 0 atom stereocenters. The van der Waals surface area contributed by atoms with Gasteiger partial charge in [-0.3, -0.25) is 5.41 Å². The Labute approximate surface area is 373 Å². The highest BCUT2D eigenvalue weighted by atomic mass is 32.1. The quantitative estimate of drug-likeness (QED) is 0.121. The summed E-state index contributed by atoms with van der Waals surface area (Å²) in [5, 5.41) is 16.9. The number of hydrogen-bond donors (Lipinski definition) is 3. The molecule has 0 saturated carbocycles. The number of furan rings is 1. The topological polar surface area (TPSA) is 98.9 Å². The highest BCUT2D eigenvalue weighted by Crippen LogP contribution is 2.45. The average Bonchev–Trinajstić information content (AvgIpc) is 4.10. The number of thiophene rings is 1. The normalized spacial score (nSPS) is 11.5. The lowest BCUT2D eigenvalue weighted by molar-refractivity contribution is 0.673. The van der Waals surface area contributed by atoms with Gasteiger partial charge in [0.15, 0.2) is 0 Å². The number of nitrogens with two attached hydrogens (primary N) is 2. The van der Waals surface area contributed by atoms with Crippen LogP contribution in [0.15, 0.2) is 205 Å². The molecule has 13 aromatic rings. The molecule has 7 heteroatoms. The first-order chi connectivity index (χ1) is 31.5. The van der Waals surface area contributed by atoms with Crippen LogP contribution >= 0.6 is 11.3 Å². The fourth-order valence-electron chi connectivity index (χ4n) is 9.22. The third-order valence-corrected chi connectivity index (χ3v) is 13.4. The first kappa shape index (κ1) is 38.9. The summed E-state index contributed by atoms with van der Waals surface area (Å²) in [5.41, 5.74) is 22.7. The second-order valence-electron chi connectivity index (χ2n) is 16.0. The minimum Gasteiger partial charge on any atom is -0.455 e. The van der Waals surface area contributed by atoms with Gasteiger partial charge >= 0.3 is 0 Å². The standard InChI is InChI=1S/C43H26N2OS.C7H8N2.C7H9N/c1-25-18-19-26(44-33-14-6-3-13-32(33)41-36(44)23-21-30-28-11-5-9-17-39(28)47-43(30)41)24-37(25)45-34-15-7-2-12-31(34)40-35(45)22-20-29-27-10-4-8-16-38(27)46-42(29)40;8-7(9)6-4-2-1-3-5-6;8-6-7-4-2-1-3-5-7/h2-24H,1H3;1-5H,(H3,8,9);1-5H,6,8H2. The number of nitrogen functional groups attached to an aromatic ring is 1. The van der Waals surface area contributed by atoms with Gasteiger partial charge in [-0.15, -0.1) is 11.3 Å². The Morgan fingerprint density at radius 1 is 0.531 bits per heavy atom. The number of fused-ring (bicyclic) bond motifs is 14. The molecule has 0 spiro atoms. The Balaban J connectivity index is 0.000000226. The molecule has 0 aliphatic rings. The molecule has 0 saturated heterocycles. The summed E-state index contributed by atoms with van der Waals surface area (Å²) in [6.45, 7) is 2.85. The van der Waals surface area contributed by atoms with Gasteiger partial charge in [0.25, 0.3) is 0 Å². The maximum absolute atomic E-state index is 7.01. The first-order valence-corrected chi connectivity index (χ1v) is 22.2. The summed E-state index contributed by atoms with van der Waals surface area (Å²) in [6, 6.07) is 69.9. The zero-order chi connectivity index (χ0) is 43.3. The van der Waals surface area contributed by atoms with E-state index in [1.165, 1.54) is 64.0 Å². The van der Waals surface area contributed by atoms with Gasteiger partial charge in [0, 0.05) is 64.9 Å². The van der Waals surface area contributed by atoms with Crippen LogP contribution in [0.25, 0.3) is 97.1 Å². The van der Waals surface area contributed by atoms with Crippen molar-refractivity contribution >= 4 is 103 Å². The van der Waals surface area contributed by atoms with Crippen LogP contribution in [0, 0.1) is 12.3 Å². The number of rotatable bonds is 4. The second-order valence-corrected chi connectivity index (χ2v) is 17.1. The number of nitrogens with zero attached hydrogens (tertiary/aromatic N) is 2. The van der Waals surface area contributed by atoms with E-state index in [1.54, 1.807) is 0 Å². The molecule has 0 unspecified atom stereocenters. The van der Waals surface area contributed by atoms with Gasteiger partial charge in [-0.1, -0.05) is 146 Å². The van der Waals surface area contributed by atoms with Crippen LogP contribution in [0.5, 0.6) is 0 Å². The Morgan fingerprint density at radius 2 is 1.11 bits per heavy atom. The van der Waals surface area contributed by atoms with Crippen LogP contribution in [0.3, 0.4) is 0 Å². The van der Waals surface area contributed by atoms with Crippen molar-refractivity contribution in [2.75, 3.05) is 0 Å². The van der Waals surface area contributed by atoms with Crippen molar-refractivity contribution in [1.29, 1.82) is 5.41 Å². The van der Waals surface area contributed by atoms with E-state index in [2.05, 4.69) is 150 Å². The number of amidine groups is 1. The zero-order valence-electron chi connectivity index (χ0n) is 35.1. The van der Waals surface area contributed by atoms with Crippen molar-refractivity contribution in [3.63, 3.8) is 0 Å². The predicted molar refractivity (Wildman–Crippen MR) is 272 cm³/mol. The molecule has 308 valence electrons. The van der Waals surface area contributed by atoms with E-state index >= 15 is 0 Å². The molecular formula is C57H43N5OS. The highest BCUT2D eigenvalue weighted by molar-refractivity contribution is 7.26. The van der Waals surface area contributed by atoms with Crippen molar-refractivity contribution < 1.29 is 4.42 Å². The highest BCUT2D eigenvalue weighted by Gasteiger charge is 2.21. The molecule has 0 fully saturated rings. The van der Waals surface area contributed by atoms with Crippen LogP contribution in [-0.4, -0.2) is 15.0 Å². The number of para-hydroxylation sites is 3. The number of aryl methyl sites for hydroxylation is 1. The van der Waals surface area contributed by atoms with Crippen LogP contribution < -0.4 is 11.5 Å². The largest absolute Gasteiger partial charge is 0.455 e. The molecule has 0 bridgehead atoms. The predicted octanol–water partition coefficient (Wildman–Crippen LogP) is 14.6. The van der Waals surface area contributed by atoms with Gasteiger partial charge in [-0.2, -0.15) is 0 Å². The van der Waals surface area contributed by atoms with Gasteiger partial charge in [-0.25, -0.2) is 0 Å². The van der Waals surface area contributed by atoms with Gasteiger partial charge in [-0.05, 0) is 72.6 Å². The van der Waals surface area contributed by atoms with Crippen molar-refractivity contribution in [2.24, 2.45) is 11.5 Å². The van der Waals surface area contributed by atoms with E-state index in [0.717, 1.165) is 49.8 Å². The fourth-order valence-corrected chi connectivity index (χ4v) is 10.5. The molecule has 0 aliphatic heterocycles. The van der Waals surface area contributed by atoms with Crippen molar-refractivity contribution in [3.8, 4) is 11.4 Å². The minimum absolute atomic E-state index is 0.121. The Bertz CT molecular complexity index is 3880. The van der Waals surface area contributed by atoms with Crippen LogP contribution in [0.2, 0.25) is 0 Å². The Hall–Kier alpha value is -7.97. The molecule has 0 radical (unpaired) electrons. The van der Waals surface area contributed by atoms with Crippen molar-refractivity contribution in [3.05, 3.63) is 217 Å². The molecular weight excluding hydrogens is 803 g/mol. The minimum atomic E-state index is 0.121. The Kier molecular flexibility index (Phi) is 9.76. The summed E-state index contributed by atoms with van der Waals surface area (Å²) in [5.74, 6) is 0.121. The van der Waals surface area contributed by atoms with Gasteiger partial charge < -0.3 is 25.0 Å². The van der Waals surface area contributed by atoms with Gasteiger partial charge in [0.2, 0.25) is 0 Å². The fraction of sp³-hybridized carbons (Fsp3) is 0.0351. The summed E-state index contributed by atoms with van der Waals surface area (Å²) in [6.07, 6.45) is 0. The number of nitrogens with one attached hydrogen (secondary N) is 1. The van der Waals surface area contributed by atoms with Crippen molar-refractivity contribution in [2.45, 2.75) is 13.5 Å². The third-order valence-electron chi connectivity index (χ3n) is 12.2. The maximum atomic E-state index is 7.01. The van der Waals surface area contributed by atoms with E-state index in [0.29, 0.717) is 6.54 Å². The monoisotopic (exact) mass is 845 g/mol. The van der Waals surface area contributed by atoms with Crippen LogP contribution in [0.4, 0.5) is 0 Å². The lowest BCUT2D eigenvalue weighted by Gasteiger charge is -2.15. The summed E-state index contributed by atoms with van der Waals surface area (Å²) in [7, 11) is 0. The number of benzene rings is 9. The average molecular weight is 846 g/mol. The summed E-state index contributed by atoms with van der Waals surface area (Å²) in [4.78, 5) is 0. The molecule has 13 rings (SSSR count). The van der Waals surface area contributed by atoms with E-state index in [9.17, 15) is 0 Å². The van der Waals surface area contributed by atoms with E-state index in [1.807, 2.05) is 78.1 Å². The van der Waals surface area contributed by atoms with Crippen LogP contribution in [0.1, 0.15) is 16.7 Å². The molecule has 4 aromatic heterocycles. The van der Waals surface area contributed by atoms with Crippen molar-refractivity contribution in [1.82, 2.24) is 9.13 Å². The maximum Gasteiger partial charge on any atom is 0.145 e. The van der Waals surface area contributed by atoms with Crippen LogP contribution in [-0.2, 0) is 6.54 Å². The Morgan fingerprint density at radius 3 is 1.80 bits per heavy atom. The summed E-state index contributed by atoms with van der Waals surface area (Å²) < 4.78 is 14.1.